The quantitative estimate of drug-likeness (QED) is 0.425. The average Bonchev–Trinajstić information content (AvgIpc) is 2.66. The maximum atomic E-state index is 13.8. The molecule has 1 aromatic carbocycles. The van der Waals surface area contributed by atoms with Gasteiger partial charge in [-0.3, -0.25) is 9.89 Å². The molecule has 5 nitrogen and oxygen atoms in total. The van der Waals surface area contributed by atoms with Crippen molar-refractivity contribution in [3.8, 4) is 5.75 Å². The van der Waals surface area contributed by atoms with Crippen LogP contribution in [0.1, 0.15) is 18.4 Å². The van der Waals surface area contributed by atoms with Crippen LogP contribution in [0.15, 0.2) is 23.2 Å². The number of aliphatic imine (C=N–C) groups is 1. The van der Waals surface area contributed by atoms with Crippen molar-refractivity contribution in [2.45, 2.75) is 19.4 Å². The van der Waals surface area contributed by atoms with Crippen molar-refractivity contribution in [2.24, 2.45) is 4.99 Å². The zero-order valence-electron chi connectivity index (χ0n) is 16.1. The van der Waals surface area contributed by atoms with Crippen LogP contribution in [0.3, 0.4) is 0 Å². The first-order valence-electron chi connectivity index (χ1n) is 9.17. The molecule has 1 aliphatic heterocycles. The van der Waals surface area contributed by atoms with Gasteiger partial charge < -0.3 is 15.0 Å². The Morgan fingerprint density at radius 2 is 2.04 bits per heavy atom. The molecule has 2 rings (SSSR count). The van der Waals surface area contributed by atoms with Gasteiger partial charge in [-0.05, 0) is 42.5 Å². The highest BCUT2D eigenvalue weighted by molar-refractivity contribution is 7.98. The normalized spacial score (nSPS) is 16.0. The van der Waals surface area contributed by atoms with E-state index >= 15 is 0 Å². The summed E-state index contributed by atoms with van der Waals surface area (Å²) >= 11 is 1.89. The Bertz CT molecular complexity index is 577. The largest absolute Gasteiger partial charge is 0.494 e. The van der Waals surface area contributed by atoms with Crippen LogP contribution in [-0.2, 0) is 6.54 Å². The second kappa shape index (κ2) is 11.3. The maximum absolute atomic E-state index is 13.8. The van der Waals surface area contributed by atoms with E-state index in [0.29, 0.717) is 5.75 Å². The molecule has 0 unspecified atom stereocenters. The summed E-state index contributed by atoms with van der Waals surface area (Å²) in [5.41, 5.74) is 0.980. The number of benzene rings is 1. The molecule has 26 heavy (non-hydrogen) atoms. The summed E-state index contributed by atoms with van der Waals surface area (Å²) in [6.07, 6.45) is 4.55. The number of hydrogen-bond acceptors (Lipinski definition) is 4. The molecule has 1 heterocycles. The number of ether oxygens (including phenoxy) is 1. The topological polar surface area (TPSA) is 40.1 Å². The Morgan fingerprint density at radius 3 is 2.65 bits per heavy atom. The number of thioether (sulfide) groups is 1. The Balaban J connectivity index is 1.76. The van der Waals surface area contributed by atoms with E-state index < -0.39 is 0 Å². The lowest BCUT2D eigenvalue weighted by atomic mass is 10.2. The highest BCUT2D eigenvalue weighted by Crippen LogP contribution is 2.19. The minimum atomic E-state index is -0.297. The molecule has 1 N–H and O–H groups in total. The molecule has 146 valence electrons. The molecule has 0 amide bonds. The first-order chi connectivity index (χ1) is 12.7. The lowest BCUT2D eigenvalue weighted by Gasteiger charge is -2.36. The summed E-state index contributed by atoms with van der Waals surface area (Å²) in [4.78, 5) is 9.07. The van der Waals surface area contributed by atoms with E-state index in [2.05, 4.69) is 26.4 Å². The fourth-order valence-electron chi connectivity index (χ4n) is 3.09. The molecule has 0 bridgehead atoms. The van der Waals surface area contributed by atoms with E-state index in [1.165, 1.54) is 25.7 Å². The number of unbranched alkanes of at least 4 members (excludes halogenated alkanes) is 1. The molecule has 1 saturated heterocycles. The van der Waals surface area contributed by atoms with Crippen molar-refractivity contribution in [3.63, 3.8) is 0 Å². The van der Waals surface area contributed by atoms with Gasteiger partial charge in [0.05, 0.1) is 7.11 Å². The molecule has 7 heteroatoms. The van der Waals surface area contributed by atoms with Crippen LogP contribution >= 0.6 is 11.8 Å². The second-order valence-electron chi connectivity index (χ2n) is 6.41. The summed E-state index contributed by atoms with van der Waals surface area (Å²) in [6.45, 7) is 5.49. The van der Waals surface area contributed by atoms with Gasteiger partial charge in [0.2, 0.25) is 0 Å². The number of guanidine groups is 1. The summed E-state index contributed by atoms with van der Waals surface area (Å²) in [7, 11) is 3.33. The molecule has 0 aliphatic carbocycles. The second-order valence-corrected chi connectivity index (χ2v) is 7.39. The third kappa shape index (κ3) is 6.36. The highest BCUT2D eigenvalue weighted by Gasteiger charge is 2.19. The zero-order valence-corrected chi connectivity index (χ0v) is 16.9. The van der Waals surface area contributed by atoms with Gasteiger partial charge in [-0.2, -0.15) is 11.8 Å². The minimum absolute atomic E-state index is 0.297. The number of nitrogens with one attached hydrogen (secondary N) is 1. The number of nitrogens with zero attached hydrogens (tertiary/aromatic N) is 3. The smallest absolute Gasteiger partial charge is 0.193 e. The SMILES string of the molecule is CN=C(NCCCCSC)N1CCN(Cc2ccc(OC)c(F)c2)CC1. The fourth-order valence-corrected chi connectivity index (χ4v) is 3.58. The highest BCUT2D eigenvalue weighted by atomic mass is 32.2. The lowest BCUT2D eigenvalue weighted by molar-refractivity contribution is 0.172. The van der Waals surface area contributed by atoms with Gasteiger partial charge in [-0.1, -0.05) is 6.07 Å². The maximum Gasteiger partial charge on any atom is 0.193 e. The van der Waals surface area contributed by atoms with Crippen molar-refractivity contribution in [1.82, 2.24) is 15.1 Å². The number of halogens is 1. The van der Waals surface area contributed by atoms with Crippen molar-refractivity contribution in [1.29, 1.82) is 0 Å². The predicted octanol–water partition coefficient (Wildman–Crippen LogP) is 2.67. The van der Waals surface area contributed by atoms with Gasteiger partial charge in [0.15, 0.2) is 17.5 Å². The Labute approximate surface area is 161 Å². The zero-order chi connectivity index (χ0) is 18.8. The van der Waals surface area contributed by atoms with Crippen LogP contribution < -0.4 is 10.1 Å². The van der Waals surface area contributed by atoms with Crippen LogP contribution in [0.5, 0.6) is 5.75 Å². The van der Waals surface area contributed by atoms with Crippen LogP contribution in [0.25, 0.3) is 0 Å². The van der Waals surface area contributed by atoms with Crippen molar-refractivity contribution >= 4 is 17.7 Å². The average molecular weight is 383 g/mol. The van der Waals surface area contributed by atoms with Crippen molar-refractivity contribution in [3.05, 3.63) is 29.6 Å². The summed E-state index contributed by atoms with van der Waals surface area (Å²) in [5, 5.41) is 3.47. The number of hydrogen-bond donors (Lipinski definition) is 1. The van der Waals surface area contributed by atoms with Gasteiger partial charge in [0.1, 0.15) is 0 Å². The van der Waals surface area contributed by atoms with Gasteiger partial charge in [0, 0.05) is 46.3 Å². The van der Waals surface area contributed by atoms with Gasteiger partial charge in [0.25, 0.3) is 0 Å². The van der Waals surface area contributed by atoms with Gasteiger partial charge in [-0.15, -0.1) is 0 Å². The van der Waals surface area contributed by atoms with Crippen molar-refractivity contribution in [2.75, 3.05) is 58.9 Å². The van der Waals surface area contributed by atoms with E-state index in [-0.39, 0.29) is 5.82 Å². The number of rotatable bonds is 8. The molecule has 1 fully saturated rings. The standard InChI is InChI=1S/C19H31FN4OS/c1-21-19(22-8-4-5-13-26-3)24-11-9-23(10-12-24)15-16-6-7-18(25-2)17(20)14-16/h6-7,14H,4-5,8-13,15H2,1-3H3,(H,21,22). The predicted molar refractivity (Wildman–Crippen MR) is 109 cm³/mol. The summed E-state index contributed by atoms with van der Waals surface area (Å²) < 4.78 is 18.8. The third-order valence-corrected chi connectivity index (χ3v) is 5.26. The molecular weight excluding hydrogens is 351 g/mol. The van der Waals surface area contributed by atoms with Crippen molar-refractivity contribution < 1.29 is 9.13 Å². The molecule has 0 radical (unpaired) electrons. The third-order valence-electron chi connectivity index (χ3n) is 4.56. The first-order valence-corrected chi connectivity index (χ1v) is 10.6. The molecule has 0 saturated carbocycles. The number of piperazine rings is 1. The van der Waals surface area contributed by atoms with E-state index in [1.807, 2.05) is 24.9 Å². The van der Waals surface area contributed by atoms with Crippen LogP contribution in [0.2, 0.25) is 0 Å². The van der Waals surface area contributed by atoms with Gasteiger partial charge >= 0.3 is 0 Å². The van der Waals surface area contributed by atoms with Crippen LogP contribution in [0, 0.1) is 5.82 Å². The minimum Gasteiger partial charge on any atom is -0.494 e. The summed E-state index contributed by atoms with van der Waals surface area (Å²) in [6, 6.07) is 5.20. The molecule has 0 aromatic heterocycles. The number of methoxy groups -OCH3 is 1. The van der Waals surface area contributed by atoms with E-state index in [4.69, 9.17) is 4.74 Å². The molecule has 0 atom stereocenters. The Kier molecular flexibility index (Phi) is 9.05. The fraction of sp³-hybridized carbons (Fsp3) is 0.632. The van der Waals surface area contributed by atoms with E-state index in [1.54, 1.807) is 12.1 Å². The molecule has 0 spiro atoms. The van der Waals surface area contributed by atoms with Crippen LogP contribution in [-0.4, -0.2) is 74.6 Å². The van der Waals surface area contributed by atoms with E-state index in [9.17, 15) is 4.39 Å². The Hall–Kier alpha value is -1.47. The lowest BCUT2D eigenvalue weighted by Crippen LogP contribution is -2.52. The Morgan fingerprint density at radius 1 is 1.27 bits per heavy atom. The first kappa shape index (κ1) is 20.8. The monoisotopic (exact) mass is 382 g/mol. The summed E-state index contributed by atoms with van der Waals surface area (Å²) in [5.74, 6) is 2.20. The van der Waals surface area contributed by atoms with Crippen LogP contribution in [0.4, 0.5) is 4.39 Å². The molecular formula is C19H31FN4OS. The van der Waals surface area contributed by atoms with Gasteiger partial charge in [-0.25, -0.2) is 4.39 Å². The molecule has 1 aliphatic rings. The molecule has 1 aromatic rings. The van der Waals surface area contributed by atoms with E-state index in [0.717, 1.165) is 50.8 Å².